The maximum atomic E-state index is 14.0. The van der Waals surface area contributed by atoms with Crippen LogP contribution < -0.4 is 34.8 Å². The van der Waals surface area contributed by atoms with Crippen LogP contribution in [0.3, 0.4) is 0 Å². The van der Waals surface area contributed by atoms with Crippen LogP contribution in [0.5, 0.6) is 11.5 Å². The number of benzene rings is 5. The van der Waals surface area contributed by atoms with Crippen LogP contribution in [0.15, 0.2) is 84.9 Å². The van der Waals surface area contributed by atoms with E-state index in [1.807, 2.05) is 54.1 Å². The van der Waals surface area contributed by atoms with Crippen molar-refractivity contribution in [2.45, 2.75) is 84.0 Å². The lowest BCUT2D eigenvalue weighted by atomic mass is 9.81. The Morgan fingerprint density at radius 3 is 2.35 bits per heavy atom. The zero-order chi connectivity index (χ0) is 47.3. The monoisotopic (exact) mass is 943 g/mol. The molecule has 11 rings (SSSR count). The van der Waals surface area contributed by atoms with Crippen molar-refractivity contribution in [1.82, 2.24) is 19.7 Å². The van der Waals surface area contributed by atoms with Crippen molar-refractivity contribution >= 4 is 45.9 Å². The Morgan fingerprint density at radius 2 is 1.57 bits per heavy atom. The summed E-state index contributed by atoms with van der Waals surface area (Å²) in [4.78, 5) is 43.0. The van der Waals surface area contributed by atoms with Gasteiger partial charge in [0, 0.05) is 95.3 Å². The normalized spacial score (nSPS) is 15.8. The molecular formula is C55H55N6O7S+. The van der Waals surface area contributed by atoms with Gasteiger partial charge >= 0.3 is 5.97 Å². The van der Waals surface area contributed by atoms with Crippen molar-refractivity contribution in [2.75, 3.05) is 42.3 Å². The Labute approximate surface area is 403 Å². The number of carbonyl (C=O) groups excluding carboxylic acids is 2. The number of ketones is 1. The summed E-state index contributed by atoms with van der Waals surface area (Å²) < 4.78 is 34.5. The molecule has 5 aliphatic rings. The number of fused-ring (bicyclic) bond motifs is 4. The Kier molecular flexibility index (Phi) is 12.0. The Hall–Kier alpha value is -6.90. The van der Waals surface area contributed by atoms with Crippen LogP contribution in [0.1, 0.15) is 110 Å². The first kappa shape index (κ1) is 44.6. The molecule has 5 aromatic carbocycles. The van der Waals surface area contributed by atoms with Crippen LogP contribution in [0.25, 0.3) is 22.5 Å². The summed E-state index contributed by atoms with van der Waals surface area (Å²) in [6.45, 7) is 6.38. The van der Waals surface area contributed by atoms with E-state index in [4.69, 9.17) is 9.84 Å². The molecule has 1 aromatic heterocycles. The van der Waals surface area contributed by atoms with E-state index in [0.29, 0.717) is 29.7 Å². The van der Waals surface area contributed by atoms with Gasteiger partial charge in [0.05, 0.1) is 28.2 Å². The molecule has 352 valence electrons. The van der Waals surface area contributed by atoms with Gasteiger partial charge in [0.25, 0.3) is 17.2 Å². The smallest absolute Gasteiger partial charge is 0.336 e. The van der Waals surface area contributed by atoms with Crippen LogP contribution in [-0.2, 0) is 48.2 Å². The fraction of sp³-hybridized carbons (Fsp3) is 0.327. The first-order valence-corrected chi connectivity index (χ1v) is 25.4. The first-order valence-electron chi connectivity index (χ1n) is 24.3. The highest BCUT2D eigenvalue weighted by atomic mass is 32.2. The average molecular weight is 944 g/mol. The van der Waals surface area contributed by atoms with Crippen LogP contribution >= 0.6 is 0 Å². The molecule has 6 aromatic rings. The Morgan fingerprint density at radius 1 is 0.812 bits per heavy atom. The quantitative estimate of drug-likeness (QED) is 0.0500. The minimum absolute atomic E-state index is 0.0538. The summed E-state index contributed by atoms with van der Waals surface area (Å²) in [5.74, 6) is 0.315. The summed E-state index contributed by atoms with van der Waals surface area (Å²) in [6.07, 6.45) is 9.25. The van der Waals surface area contributed by atoms with E-state index >= 15 is 0 Å². The summed E-state index contributed by atoms with van der Waals surface area (Å²) in [6, 6.07) is 26.6. The second-order valence-electron chi connectivity index (χ2n) is 19.0. The van der Waals surface area contributed by atoms with Gasteiger partial charge in [-0.1, -0.05) is 29.8 Å². The zero-order valence-corrected chi connectivity index (χ0v) is 39.6. The fourth-order valence-electron chi connectivity index (χ4n) is 11.3. The number of carboxylic acid groups (broad SMARTS) is 1. The number of amides is 1. The van der Waals surface area contributed by atoms with Crippen LogP contribution in [-0.4, -0.2) is 74.0 Å². The second kappa shape index (κ2) is 18.5. The maximum absolute atomic E-state index is 14.0. The van der Waals surface area contributed by atoms with Crippen molar-refractivity contribution in [3.05, 3.63) is 151 Å². The third kappa shape index (κ3) is 8.54. The Balaban J connectivity index is 0.840. The van der Waals surface area contributed by atoms with Crippen LogP contribution in [0.2, 0.25) is 0 Å². The molecule has 14 heteroatoms. The van der Waals surface area contributed by atoms with Crippen molar-refractivity contribution in [3.8, 4) is 28.4 Å². The lowest BCUT2D eigenvalue weighted by molar-refractivity contribution is -0.119. The van der Waals surface area contributed by atoms with Gasteiger partial charge in [-0.05, 0) is 130 Å². The molecule has 13 nitrogen and oxygen atoms in total. The predicted molar refractivity (Wildman–Crippen MR) is 267 cm³/mol. The minimum atomic E-state index is -2.19. The van der Waals surface area contributed by atoms with E-state index in [1.54, 1.807) is 30.3 Å². The minimum Gasteiger partial charge on any atom is -0.478 e. The number of hydrogen-bond donors (Lipinski definition) is 4. The van der Waals surface area contributed by atoms with E-state index < -0.39 is 17.2 Å². The van der Waals surface area contributed by atoms with Gasteiger partial charge in [0.15, 0.2) is 0 Å². The molecular weight excluding hydrogens is 889 g/mol. The molecule has 6 heterocycles. The van der Waals surface area contributed by atoms with Gasteiger partial charge in [-0.25, -0.2) is 18.3 Å². The van der Waals surface area contributed by atoms with E-state index in [-0.39, 0.29) is 36.6 Å². The molecule has 0 bridgehead atoms. The summed E-state index contributed by atoms with van der Waals surface area (Å²) in [7, 11) is 0. The van der Waals surface area contributed by atoms with Crippen LogP contribution in [0.4, 0.5) is 11.4 Å². The van der Waals surface area contributed by atoms with Gasteiger partial charge in [-0.2, -0.15) is 5.10 Å². The number of anilines is 2. The third-order valence-corrected chi connectivity index (χ3v) is 14.9. The lowest BCUT2D eigenvalue weighted by Crippen LogP contribution is -2.45. The number of hydrogen-bond acceptors (Lipinski definition) is 7. The number of ether oxygens (including phenoxy) is 1. The topological polar surface area (TPSA) is 166 Å². The first-order chi connectivity index (χ1) is 33.6. The summed E-state index contributed by atoms with van der Waals surface area (Å²) in [5.41, 5.74) is 13.9. The largest absolute Gasteiger partial charge is 0.478 e. The van der Waals surface area contributed by atoms with Gasteiger partial charge in [-0.3, -0.25) is 18.9 Å². The highest BCUT2D eigenvalue weighted by Crippen LogP contribution is 2.49. The van der Waals surface area contributed by atoms with Gasteiger partial charge in [0.2, 0.25) is 5.36 Å². The van der Waals surface area contributed by atoms with Gasteiger partial charge in [-0.15, -0.1) is 0 Å². The summed E-state index contributed by atoms with van der Waals surface area (Å²) >= 11 is -2.19. The molecule has 0 saturated carbocycles. The zero-order valence-electron chi connectivity index (χ0n) is 38.7. The van der Waals surface area contributed by atoms with E-state index in [0.717, 1.165) is 134 Å². The summed E-state index contributed by atoms with van der Waals surface area (Å²) in [5, 5.41) is 20.9. The molecule has 0 fully saturated rings. The molecule has 4 N–H and O–H groups in total. The van der Waals surface area contributed by atoms with Crippen molar-refractivity contribution in [3.63, 3.8) is 0 Å². The average Bonchev–Trinajstić information content (AvgIpc) is 3.79. The van der Waals surface area contributed by atoms with E-state index in [9.17, 15) is 28.3 Å². The standard InChI is InChI=1S/C55H54N6O7S/c1-33-12-14-34(15-13-33)48-32-39(57-61(48)40-20-17-38(18-21-40)58-69(66)67)19-22-41(62)9-2-24-56-54(63)37-16-23-42(55(64)65)45(31-37)49-46-29-35-7-3-25-59-27-5-10-43(50(35)59)52(46)68-53-44-11-6-28-60-26-4-8-36(51(44)60)30-47(49)53/h12-18,20-21,23,29-32,58H,2-11,19,22,24-28H2,1H3,(H2-,56,63,64,65,66,67)/p+1. The van der Waals surface area contributed by atoms with E-state index in [1.165, 1.54) is 33.3 Å². The van der Waals surface area contributed by atoms with Crippen LogP contribution in [0, 0.1) is 6.92 Å². The second-order valence-corrected chi connectivity index (χ2v) is 19.7. The molecule has 0 aliphatic carbocycles. The maximum Gasteiger partial charge on any atom is 0.336 e. The molecule has 0 saturated heterocycles. The highest BCUT2D eigenvalue weighted by Gasteiger charge is 2.36. The number of aromatic nitrogens is 2. The number of rotatable bonds is 14. The number of carboxylic acids is 1. The van der Waals surface area contributed by atoms with Crippen molar-refractivity contribution in [1.29, 1.82) is 0 Å². The van der Waals surface area contributed by atoms with Gasteiger partial charge < -0.3 is 20.1 Å². The molecule has 0 radical (unpaired) electrons. The molecule has 69 heavy (non-hydrogen) atoms. The number of nitrogens with zero attached hydrogens (tertiary/aromatic N) is 4. The molecule has 1 atom stereocenters. The van der Waals surface area contributed by atoms with Crippen molar-refractivity contribution in [2.24, 2.45) is 0 Å². The predicted octanol–water partition coefficient (Wildman–Crippen LogP) is 7.24. The Bertz CT molecular complexity index is 3250. The van der Waals surface area contributed by atoms with Crippen molar-refractivity contribution < 1.29 is 33.0 Å². The molecule has 5 aliphatic heterocycles. The number of nitrogens with one attached hydrogen (secondary N) is 2. The number of Topliss-reactive ketones (excluding diaryl/α,β-unsaturated/α-hetero) is 1. The SMILES string of the molecule is Cc1ccc(-c2cc(CCC(=O)CCCNC(=O)c3ccc(C(=O)O)c(C4=c5cc6c7c(c5Oc5c4cc4c8c5CCCN8CCC4)CCC[N+]=7CCC6)c3)nn2-c2ccc(NS(=O)O)cc2)cc1. The highest BCUT2D eigenvalue weighted by molar-refractivity contribution is 7.80. The van der Waals surface area contributed by atoms with Gasteiger partial charge in [0.1, 0.15) is 30.4 Å². The number of aromatic carboxylic acids is 1. The van der Waals surface area contributed by atoms with E-state index in [2.05, 4.69) is 31.6 Å². The fourth-order valence-corrected chi connectivity index (χ4v) is 11.7. The lowest BCUT2D eigenvalue weighted by Gasteiger charge is -2.39. The number of carbonyl (C=O) groups is 3. The number of aryl methyl sites for hydroxylation is 4. The molecule has 1 amide bonds. The molecule has 1 unspecified atom stereocenters. The third-order valence-electron chi connectivity index (χ3n) is 14.5. The molecule has 0 spiro atoms.